The molecule has 6 nitrogen and oxygen atoms in total. The van der Waals surface area contributed by atoms with Crippen LogP contribution in [-0.4, -0.2) is 29.3 Å². The molecular formula is C21H19BrN2O4S2. The molecule has 1 aliphatic heterocycles. The molecule has 1 heterocycles. The van der Waals surface area contributed by atoms with E-state index in [9.17, 15) is 9.59 Å². The van der Waals surface area contributed by atoms with Crippen LogP contribution in [0.5, 0.6) is 11.5 Å². The van der Waals surface area contributed by atoms with Crippen LogP contribution >= 0.6 is 39.9 Å². The van der Waals surface area contributed by atoms with Crippen molar-refractivity contribution in [3.05, 3.63) is 63.0 Å². The number of hydrogen-bond acceptors (Lipinski definition) is 6. The highest BCUT2D eigenvalue weighted by Gasteiger charge is 2.22. The van der Waals surface area contributed by atoms with Crippen LogP contribution in [0.1, 0.15) is 18.1 Å². The van der Waals surface area contributed by atoms with E-state index in [1.54, 1.807) is 24.3 Å². The minimum absolute atomic E-state index is 0.0928. The zero-order chi connectivity index (χ0) is 21.5. The number of thioether (sulfide) groups is 1. The van der Waals surface area contributed by atoms with Crippen LogP contribution in [0.2, 0.25) is 0 Å². The SMILES string of the molecule is CCNC(=O)COc1ccc(C=C2SC(=S)NC2=O)c(OCc2ccccc2Br)c1. The molecule has 2 aromatic carbocycles. The second kappa shape index (κ2) is 10.6. The van der Waals surface area contributed by atoms with Gasteiger partial charge in [-0.25, -0.2) is 0 Å². The highest BCUT2D eigenvalue weighted by molar-refractivity contribution is 9.10. The number of thiocarbonyl (C=S) groups is 1. The van der Waals surface area contributed by atoms with Crippen molar-refractivity contribution in [1.29, 1.82) is 0 Å². The maximum absolute atomic E-state index is 12.0. The van der Waals surface area contributed by atoms with Crippen LogP contribution in [0.3, 0.4) is 0 Å². The average Bonchev–Trinajstić information content (AvgIpc) is 3.04. The summed E-state index contributed by atoms with van der Waals surface area (Å²) >= 11 is 9.76. The first-order valence-corrected chi connectivity index (χ1v) is 11.1. The maximum Gasteiger partial charge on any atom is 0.263 e. The van der Waals surface area contributed by atoms with E-state index in [2.05, 4.69) is 26.6 Å². The van der Waals surface area contributed by atoms with Gasteiger partial charge in [-0.2, -0.15) is 0 Å². The Morgan fingerprint density at radius 1 is 1.27 bits per heavy atom. The second-order valence-corrected chi connectivity index (χ2v) is 8.75. The Morgan fingerprint density at radius 2 is 2.07 bits per heavy atom. The Kier molecular flexibility index (Phi) is 7.89. The standard InChI is InChI=1S/C21H19BrN2O4S2/c1-2-23-19(25)12-27-15-8-7-13(9-18-20(26)24-21(29)30-18)17(10-15)28-11-14-5-3-4-6-16(14)22/h3-10H,2,11-12H2,1H3,(H,23,25)(H,24,26,29). The third kappa shape index (κ3) is 6.07. The van der Waals surface area contributed by atoms with Crippen molar-refractivity contribution in [2.75, 3.05) is 13.2 Å². The summed E-state index contributed by atoms with van der Waals surface area (Å²) in [6.45, 7) is 2.60. The minimum atomic E-state index is -0.238. The number of carbonyl (C=O) groups is 2. The van der Waals surface area contributed by atoms with Gasteiger partial charge in [0.1, 0.15) is 22.4 Å². The predicted molar refractivity (Wildman–Crippen MR) is 125 cm³/mol. The Bertz CT molecular complexity index is 1010. The molecule has 0 bridgehead atoms. The zero-order valence-corrected chi connectivity index (χ0v) is 19.3. The number of nitrogens with one attached hydrogen (secondary N) is 2. The lowest BCUT2D eigenvalue weighted by Crippen LogP contribution is -2.28. The average molecular weight is 507 g/mol. The molecule has 9 heteroatoms. The van der Waals surface area contributed by atoms with E-state index in [0.717, 1.165) is 10.0 Å². The number of halogens is 1. The molecule has 2 aromatic rings. The number of ether oxygens (including phenoxy) is 2. The first kappa shape index (κ1) is 22.3. The van der Waals surface area contributed by atoms with Gasteiger partial charge in [0.05, 0.1) is 4.91 Å². The van der Waals surface area contributed by atoms with Gasteiger partial charge >= 0.3 is 0 Å². The van der Waals surface area contributed by atoms with Gasteiger partial charge in [0.25, 0.3) is 11.8 Å². The van der Waals surface area contributed by atoms with E-state index < -0.39 is 0 Å². The van der Waals surface area contributed by atoms with Crippen LogP contribution in [0.4, 0.5) is 0 Å². The summed E-state index contributed by atoms with van der Waals surface area (Å²) in [6, 6.07) is 13.0. The molecule has 30 heavy (non-hydrogen) atoms. The van der Waals surface area contributed by atoms with Crippen LogP contribution in [0, 0.1) is 0 Å². The van der Waals surface area contributed by atoms with Crippen LogP contribution < -0.4 is 20.1 Å². The summed E-state index contributed by atoms with van der Waals surface area (Å²) in [6.07, 6.45) is 1.72. The van der Waals surface area contributed by atoms with Crippen molar-refractivity contribution < 1.29 is 19.1 Å². The third-order valence-corrected chi connectivity index (χ3v) is 5.93. The van der Waals surface area contributed by atoms with E-state index in [-0.39, 0.29) is 18.4 Å². The van der Waals surface area contributed by atoms with Crippen LogP contribution in [0.25, 0.3) is 6.08 Å². The number of rotatable bonds is 8. The Balaban J connectivity index is 1.84. The Labute approximate surface area is 192 Å². The van der Waals surface area contributed by atoms with E-state index in [1.807, 2.05) is 31.2 Å². The summed E-state index contributed by atoms with van der Waals surface area (Å²) in [5.74, 6) is 0.577. The molecule has 0 radical (unpaired) electrons. The molecule has 0 atom stereocenters. The number of likely N-dealkylation sites (N-methyl/N-ethyl adjacent to an activating group) is 1. The van der Waals surface area contributed by atoms with Crippen LogP contribution in [0.15, 0.2) is 51.8 Å². The molecule has 2 N–H and O–H groups in total. The summed E-state index contributed by atoms with van der Waals surface area (Å²) in [7, 11) is 0. The molecule has 0 saturated carbocycles. The second-order valence-electron chi connectivity index (χ2n) is 6.17. The fourth-order valence-corrected chi connectivity index (χ4v) is 4.01. The largest absolute Gasteiger partial charge is 0.488 e. The lowest BCUT2D eigenvalue weighted by atomic mass is 10.1. The fourth-order valence-electron chi connectivity index (χ4n) is 2.58. The quantitative estimate of drug-likeness (QED) is 0.415. The van der Waals surface area contributed by atoms with Gasteiger partial charge in [0.2, 0.25) is 0 Å². The molecular weight excluding hydrogens is 488 g/mol. The van der Waals surface area contributed by atoms with Gasteiger partial charge in [-0.3, -0.25) is 9.59 Å². The highest BCUT2D eigenvalue weighted by atomic mass is 79.9. The number of hydrogen-bond donors (Lipinski definition) is 2. The Morgan fingerprint density at radius 3 is 2.77 bits per heavy atom. The lowest BCUT2D eigenvalue weighted by Gasteiger charge is -2.13. The lowest BCUT2D eigenvalue weighted by molar-refractivity contribution is -0.123. The van der Waals surface area contributed by atoms with Crippen molar-refractivity contribution in [2.24, 2.45) is 0 Å². The molecule has 0 aliphatic carbocycles. The maximum atomic E-state index is 12.0. The van der Waals surface area contributed by atoms with Gasteiger partial charge in [-0.15, -0.1) is 0 Å². The van der Waals surface area contributed by atoms with Crippen molar-refractivity contribution in [2.45, 2.75) is 13.5 Å². The summed E-state index contributed by atoms with van der Waals surface area (Å²) < 4.78 is 13.0. The number of benzene rings is 2. The predicted octanol–water partition coefficient (Wildman–Crippen LogP) is 4.03. The van der Waals surface area contributed by atoms with Crippen molar-refractivity contribution in [1.82, 2.24) is 10.6 Å². The molecule has 0 aromatic heterocycles. The summed E-state index contributed by atoms with van der Waals surface area (Å²) in [5, 5.41) is 5.28. The van der Waals surface area contributed by atoms with E-state index in [4.69, 9.17) is 21.7 Å². The first-order chi connectivity index (χ1) is 14.5. The number of amides is 2. The topological polar surface area (TPSA) is 76.7 Å². The monoisotopic (exact) mass is 506 g/mol. The van der Waals surface area contributed by atoms with Crippen LogP contribution in [-0.2, 0) is 16.2 Å². The highest BCUT2D eigenvalue weighted by Crippen LogP contribution is 2.32. The van der Waals surface area contributed by atoms with Gasteiger partial charge in [0.15, 0.2) is 6.61 Å². The number of carbonyl (C=O) groups excluding carboxylic acids is 2. The van der Waals surface area contributed by atoms with Crippen molar-refractivity contribution in [3.8, 4) is 11.5 Å². The first-order valence-electron chi connectivity index (χ1n) is 9.11. The van der Waals surface area contributed by atoms with E-state index >= 15 is 0 Å². The molecule has 1 fully saturated rings. The minimum Gasteiger partial charge on any atom is -0.488 e. The summed E-state index contributed by atoms with van der Waals surface area (Å²) in [5.41, 5.74) is 1.67. The molecule has 2 amide bonds. The van der Waals surface area contributed by atoms with E-state index in [0.29, 0.717) is 39.4 Å². The molecule has 0 spiro atoms. The fraction of sp³-hybridized carbons (Fsp3) is 0.190. The van der Waals surface area contributed by atoms with E-state index in [1.165, 1.54) is 11.8 Å². The molecule has 3 rings (SSSR count). The van der Waals surface area contributed by atoms with Gasteiger partial charge in [0, 0.05) is 28.2 Å². The van der Waals surface area contributed by atoms with Crippen molar-refractivity contribution >= 4 is 62.1 Å². The molecule has 1 aliphatic rings. The normalized spacial score (nSPS) is 14.5. The van der Waals surface area contributed by atoms with Crippen molar-refractivity contribution in [3.63, 3.8) is 0 Å². The van der Waals surface area contributed by atoms with Gasteiger partial charge < -0.3 is 20.1 Å². The zero-order valence-electron chi connectivity index (χ0n) is 16.1. The summed E-state index contributed by atoms with van der Waals surface area (Å²) in [4.78, 5) is 24.2. The van der Waals surface area contributed by atoms with Gasteiger partial charge in [-0.05, 0) is 31.2 Å². The van der Waals surface area contributed by atoms with Gasteiger partial charge in [-0.1, -0.05) is 58.1 Å². The molecule has 0 unspecified atom stereocenters. The molecule has 1 saturated heterocycles. The Hall–Kier alpha value is -2.36. The third-order valence-electron chi connectivity index (χ3n) is 4.00. The molecule has 156 valence electrons. The smallest absolute Gasteiger partial charge is 0.263 e.